The summed E-state index contributed by atoms with van der Waals surface area (Å²) in [5.41, 5.74) is 8.65. The molecule has 104 valence electrons. The summed E-state index contributed by atoms with van der Waals surface area (Å²) in [6.45, 7) is 0.766. The number of hydrogen-bond acceptors (Lipinski definition) is 3. The molecule has 3 nitrogen and oxygen atoms in total. The van der Waals surface area contributed by atoms with Gasteiger partial charge in [-0.25, -0.2) is 0 Å². The lowest BCUT2D eigenvalue weighted by atomic mass is 10.1. The Morgan fingerprint density at radius 3 is 2.55 bits per heavy atom. The normalized spacial score (nSPS) is 10.2. The minimum Gasteiger partial charge on any atom is -0.508 e. The molecule has 2 rings (SSSR count). The fraction of sp³-hybridized carbons (Fsp3) is 0.133. The summed E-state index contributed by atoms with van der Waals surface area (Å²) in [7, 11) is 0. The molecule has 0 amide bonds. The predicted molar refractivity (Wildman–Crippen MR) is 90.3 cm³/mol. The summed E-state index contributed by atoms with van der Waals surface area (Å²) >= 11 is 8.47. The van der Waals surface area contributed by atoms with Gasteiger partial charge in [0.15, 0.2) is 0 Å². The number of thiocarbonyl (C=S) groups is 1. The molecular weight excluding hydrogens is 336 g/mol. The summed E-state index contributed by atoms with van der Waals surface area (Å²) in [5, 5.41) is 12.6. The average molecular weight is 351 g/mol. The van der Waals surface area contributed by atoms with Crippen LogP contribution in [0.3, 0.4) is 0 Å². The first kappa shape index (κ1) is 14.8. The Morgan fingerprint density at radius 2 is 1.90 bits per heavy atom. The zero-order valence-electron chi connectivity index (χ0n) is 10.8. The van der Waals surface area contributed by atoms with E-state index in [1.54, 1.807) is 12.1 Å². The summed E-state index contributed by atoms with van der Waals surface area (Å²) in [5.74, 6) is 0.283. The number of halogens is 1. The highest BCUT2D eigenvalue weighted by Crippen LogP contribution is 2.21. The second kappa shape index (κ2) is 6.72. The van der Waals surface area contributed by atoms with Crippen molar-refractivity contribution < 1.29 is 5.11 Å². The first-order valence-corrected chi connectivity index (χ1v) is 7.37. The van der Waals surface area contributed by atoms with E-state index in [2.05, 4.69) is 21.2 Å². The average Bonchev–Trinajstić information content (AvgIpc) is 2.42. The van der Waals surface area contributed by atoms with Crippen LogP contribution < -0.4 is 11.1 Å². The second-order valence-electron chi connectivity index (χ2n) is 4.40. The predicted octanol–water partition coefficient (Wildman–Crippen LogP) is 3.44. The van der Waals surface area contributed by atoms with Crippen molar-refractivity contribution in [3.63, 3.8) is 0 Å². The molecule has 0 aliphatic rings. The fourth-order valence-electron chi connectivity index (χ4n) is 1.88. The first-order chi connectivity index (χ1) is 9.56. The number of nitrogens with one attached hydrogen (secondary N) is 1. The minimum absolute atomic E-state index is 0.283. The van der Waals surface area contributed by atoms with Crippen LogP contribution in [-0.2, 0) is 6.42 Å². The lowest BCUT2D eigenvalue weighted by Crippen LogP contribution is -2.14. The maximum atomic E-state index is 9.24. The number of phenols is 1. The van der Waals surface area contributed by atoms with Crippen molar-refractivity contribution in [1.29, 1.82) is 0 Å². The molecule has 5 heteroatoms. The number of benzene rings is 2. The summed E-state index contributed by atoms with van der Waals surface area (Å²) in [6, 6.07) is 13.0. The molecule has 2 aromatic carbocycles. The Hall–Kier alpha value is -1.59. The van der Waals surface area contributed by atoms with E-state index in [0.29, 0.717) is 4.99 Å². The van der Waals surface area contributed by atoms with Crippen molar-refractivity contribution in [1.82, 2.24) is 0 Å². The zero-order valence-corrected chi connectivity index (χ0v) is 13.2. The van der Waals surface area contributed by atoms with E-state index >= 15 is 0 Å². The number of rotatable bonds is 5. The van der Waals surface area contributed by atoms with E-state index in [0.717, 1.165) is 34.3 Å². The van der Waals surface area contributed by atoms with Gasteiger partial charge in [-0.2, -0.15) is 0 Å². The molecule has 0 saturated carbocycles. The van der Waals surface area contributed by atoms with Gasteiger partial charge in [0.2, 0.25) is 0 Å². The molecule has 0 radical (unpaired) electrons. The maximum Gasteiger partial charge on any atom is 0.115 e. The van der Waals surface area contributed by atoms with E-state index in [4.69, 9.17) is 18.0 Å². The highest BCUT2D eigenvalue weighted by atomic mass is 79.9. The monoisotopic (exact) mass is 350 g/mol. The Labute approximate surface area is 131 Å². The Bertz CT molecular complexity index is 614. The maximum absolute atomic E-state index is 9.24. The molecule has 0 aromatic heterocycles. The smallest absolute Gasteiger partial charge is 0.115 e. The molecular formula is C15H15BrN2OS. The Balaban J connectivity index is 2.00. The SMILES string of the molecule is NC(=S)c1cc(Br)ccc1NCCc1ccc(O)cc1. The van der Waals surface area contributed by atoms with Gasteiger partial charge in [0, 0.05) is 22.3 Å². The number of aromatic hydroxyl groups is 1. The molecule has 0 aliphatic carbocycles. The highest BCUT2D eigenvalue weighted by molar-refractivity contribution is 9.10. The second-order valence-corrected chi connectivity index (χ2v) is 5.75. The van der Waals surface area contributed by atoms with Crippen molar-refractivity contribution >= 4 is 38.8 Å². The molecule has 0 atom stereocenters. The van der Waals surface area contributed by atoms with Crippen LogP contribution in [-0.4, -0.2) is 16.6 Å². The van der Waals surface area contributed by atoms with E-state index in [1.807, 2.05) is 30.3 Å². The van der Waals surface area contributed by atoms with Crippen LogP contribution >= 0.6 is 28.1 Å². The van der Waals surface area contributed by atoms with Gasteiger partial charge in [-0.3, -0.25) is 0 Å². The number of hydrogen-bond donors (Lipinski definition) is 3. The van der Waals surface area contributed by atoms with Gasteiger partial charge < -0.3 is 16.2 Å². The van der Waals surface area contributed by atoms with Gasteiger partial charge in [-0.1, -0.05) is 40.3 Å². The Kier molecular flexibility index (Phi) is 4.98. The van der Waals surface area contributed by atoms with Gasteiger partial charge >= 0.3 is 0 Å². The van der Waals surface area contributed by atoms with Crippen LogP contribution in [0.15, 0.2) is 46.9 Å². The number of anilines is 1. The lowest BCUT2D eigenvalue weighted by Gasteiger charge is -2.11. The van der Waals surface area contributed by atoms with E-state index in [1.165, 1.54) is 0 Å². The summed E-state index contributed by atoms with van der Waals surface area (Å²) in [4.78, 5) is 0.374. The summed E-state index contributed by atoms with van der Waals surface area (Å²) in [6.07, 6.45) is 0.854. The molecule has 0 unspecified atom stereocenters. The van der Waals surface area contributed by atoms with Crippen LogP contribution in [0.5, 0.6) is 5.75 Å². The molecule has 0 saturated heterocycles. The first-order valence-electron chi connectivity index (χ1n) is 6.17. The topological polar surface area (TPSA) is 58.3 Å². The molecule has 0 aliphatic heterocycles. The molecule has 0 fully saturated rings. The van der Waals surface area contributed by atoms with Crippen LogP contribution in [0.2, 0.25) is 0 Å². The van der Waals surface area contributed by atoms with Crippen molar-refractivity contribution in [2.75, 3.05) is 11.9 Å². The van der Waals surface area contributed by atoms with Gasteiger partial charge in [-0.05, 0) is 42.3 Å². The van der Waals surface area contributed by atoms with Crippen molar-refractivity contribution in [2.24, 2.45) is 5.73 Å². The molecule has 4 N–H and O–H groups in total. The van der Waals surface area contributed by atoms with E-state index < -0.39 is 0 Å². The molecule has 20 heavy (non-hydrogen) atoms. The van der Waals surface area contributed by atoms with Crippen molar-refractivity contribution in [2.45, 2.75) is 6.42 Å². The van der Waals surface area contributed by atoms with Gasteiger partial charge in [0.1, 0.15) is 10.7 Å². The quantitative estimate of drug-likeness (QED) is 0.723. The van der Waals surface area contributed by atoms with Crippen molar-refractivity contribution in [3.8, 4) is 5.75 Å². The van der Waals surface area contributed by atoms with Crippen LogP contribution in [0.1, 0.15) is 11.1 Å². The number of phenolic OH excluding ortho intramolecular Hbond substituents is 1. The lowest BCUT2D eigenvalue weighted by molar-refractivity contribution is 0.475. The fourth-order valence-corrected chi connectivity index (χ4v) is 2.41. The molecule has 2 aromatic rings. The molecule has 0 bridgehead atoms. The largest absolute Gasteiger partial charge is 0.508 e. The van der Waals surface area contributed by atoms with Crippen LogP contribution in [0.25, 0.3) is 0 Å². The highest BCUT2D eigenvalue weighted by Gasteiger charge is 2.05. The zero-order chi connectivity index (χ0) is 14.5. The Morgan fingerprint density at radius 1 is 1.20 bits per heavy atom. The van der Waals surface area contributed by atoms with E-state index in [9.17, 15) is 5.11 Å². The minimum atomic E-state index is 0.283. The number of nitrogens with two attached hydrogens (primary N) is 1. The van der Waals surface area contributed by atoms with Crippen LogP contribution in [0.4, 0.5) is 5.69 Å². The third kappa shape index (κ3) is 3.95. The summed E-state index contributed by atoms with van der Waals surface area (Å²) < 4.78 is 0.949. The van der Waals surface area contributed by atoms with Crippen molar-refractivity contribution in [3.05, 3.63) is 58.1 Å². The molecule has 0 heterocycles. The molecule has 0 spiro atoms. The van der Waals surface area contributed by atoms with E-state index in [-0.39, 0.29) is 5.75 Å². The van der Waals surface area contributed by atoms with Gasteiger partial charge in [-0.15, -0.1) is 0 Å². The van der Waals surface area contributed by atoms with Gasteiger partial charge in [0.25, 0.3) is 0 Å². The third-order valence-corrected chi connectivity index (χ3v) is 3.63. The van der Waals surface area contributed by atoms with Crippen LogP contribution in [0, 0.1) is 0 Å². The standard InChI is InChI=1S/C15H15BrN2OS/c16-11-3-6-14(13(9-11)15(17)20)18-8-7-10-1-4-12(19)5-2-10/h1-6,9,18-19H,7-8H2,(H2,17,20). The van der Waals surface area contributed by atoms with Gasteiger partial charge in [0.05, 0.1) is 0 Å². The third-order valence-electron chi connectivity index (χ3n) is 2.91.